The third-order valence-corrected chi connectivity index (χ3v) is 2.11. The summed E-state index contributed by atoms with van der Waals surface area (Å²) in [6.45, 7) is 5.74. The van der Waals surface area contributed by atoms with E-state index in [0.29, 0.717) is 12.5 Å². The lowest BCUT2D eigenvalue weighted by molar-refractivity contribution is 0.185. The van der Waals surface area contributed by atoms with E-state index in [1.54, 1.807) is 6.92 Å². The first kappa shape index (κ1) is 12.9. The van der Waals surface area contributed by atoms with Gasteiger partial charge in [-0.2, -0.15) is 0 Å². The molecule has 3 heteroatoms. The van der Waals surface area contributed by atoms with Gasteiger partial charge in [-0.15, -0.1) is 0 Å². The molecule has 0 aliphatic rings. The number of aliphatic hydroxyl groups is 2. The lowest BCUT2D eigenvalue weighted by Gasteiger charge is -2.16. The van der Waals surface area contributed by atoms with Crippen LogP contribution in [0.5, 0.6) is 0 Å². The lowest BCUT2D eigenvalue weighted by atomic mass is 10.0. The van der Waals surface area contributed by atoms with Crippen LogP contribution in [0.25, 0.3) is 0 Å². The molecule has 0 radical (unpaired) electrons. The second-order valence-electron chi connectivity index (χ2n) is 3.67. The molecule has 0 saturated carbocycles. The Morgan fingerprint density at radius 2 is 1.92 bits per heavy atom. The fraction of sp³-hybridized carbons (Fsp3) is 1.00. The average molecular weight is 189 g/mol. The van der Waals surface area contributed by atoms with E-state index in [1.165, 1.54) is 0 Å². The minimum atomic E-state index is -0.281. The van der Waals surface area contributed by atoms with Gasteiger partial charge in [-0.25, -0.2) is 0 Å². The van der Waals surface area contributed by atoms with Crippen LogP contribution in [0.1, 0.15) is 33.1 Å². The van der Waals surface area contributed by atoms with E-state index in [-0.39, 0.29) is 12.7 Å². The van der Waals surface area contributed by atoms with Crippen molar-refractivity contribution >= 4 is 0 Å². The summed E-state index contributed by atoms with van der Waals surface area (Å²) in [6, 6.07) is 0. The van der Waals surface area contributed by atoms with Crippen molar-refractivity contribution in [2.24, 2.45) is 5.92 Å². The highest BCUT2D eigenvalue weighted by Crippen LogP contribution is 2.08. The molecule has 80 valence electrons. The molecule has 3 nitrogen and oxygen atoms in total. The van der Waals surface area contributed by atoms with Gasteiger partial charge in [0.1, 0.15) is 0 Å². The largest absolute Gasteiger partial charge is 0.396 e. The van der Waals surface area contributed by atoms with Crippen LogP contribution in [0.3, 0.4) is 0 Å². The van der Waals surface area contributed by atoms with Gasteiger partial charge in [0.15, 0.2) is 0 Å². The van der Waals surface area contributed by atoms with E-state index in [4.69, 9.17) is 10.2 Å². The first-order valence-electron chi connectivity index (χ1n) is 5.20. The van der Waals surface area contributed by atoms with Crippen molar-refractivity contribution in [3.05, 3.63) is 0 Å². The second-order valence-corrected chi connectivity index (χ2v) is 3.67. The predicted octanol–water partition coefficient (Wildman–Crippen LogP) is 0.756. The quantitative estimate of drug-likeness (QED) is 0.528. The Bertz CT molecular complexity index is 101. The molecule has 0 aromatic rings. The van der Waals surface area contributed by atoms with Crippen molar-refractivity contribution in [1.82, 2.24) is 5.32 Å². The van der Waals surface area contributed by atoms with E-state index in [0.717, 1.165) is 25.8 Å². The molecule has 3 N–H and O–H groups in total. The summed E-state index contributed by atoms with van der Waals surface area (Å²) in [6.07, 6.45) is 2.88. The minimum Gasteiger partial charge on any atom is -0.396 e. The number of nitrogens with one attached hydrogen (secondary N) is 1. The lowest BCUT2D eigenvalue weighted by Crippen LogP contribution is -2.29. The normalized spacial score (nSPS) is 15.7. The monoisotopic (exact) mass is 189 g/mol. The Hall–Kier alpha value is -0.120. The molecule has 0 spiro atoms. The zero-order valence-electron chi connectivity index (χ0n) is 8.79. The predicted molar refractivity (Wildman–Crippen MR) is 54.7 cm³/mol. The highest BCUT2D eigenvalue weighted by atomic mass is 16.3. The van der Waals surface area contributed by atoms with Crippen LogP contribution in [0.4, 0.5) is 0 Å². The summed E-state index contributed by atoms with van der Waals surface area (Å²) in [5.41, 5.74) is 0. The van der Waals surface area contributed by atoms with Crippen LogP contribution in [0, 0.1) is 5.92 Å². The average Bonchev–Trinajstić information content (AvgIpc) is 2.04. The van der Waals surface area contributed by atoms with Gasteiger partial charge in [0.2, 0.25) is 0 Å². The van der Waals surface area contributed by atoms with Gasteiger partial charge in [0.25, 0.3) is 0 Å². The Kier molecular flexibility index (Phi) is 8.40. The fourth-order valence-electron chi connectivity index (χ4n) is 1.44. The fourth-order valence-corrected chi connectivity index (χ4v) is 1.44. The molecule has 2 atom stereocenters. The molecule has 0 aliphatic carbocycles. The SMILES string of the molecule is CCCC(CCO)CNC[C@H](C)O. The Labute approximate surface area is 81.2 Å². The molecule has 1 unspecified atom stereocenters. The smallest absolute Gasteiger partial charge is 0.0636 e. The molecule has 0 aromatic carbocycles. The molecular weight excluding hydrogens is 166 g/mol. The summed E-state index contributed by atoms with van der Waals surface area (Å²) in [7, 11) is 0. The Morgan fingerprint density at radius 1 is 1.23 bits per heavy atom. The van der Waals surface area contributed by atoms with Crippen LogP contribution < -0.4 is 5.32 Å². The standard InChI is InChI=1S/C10H23NO2/c1-3-4-10(5-6-12)8-11-7-9(2)13/h9-13H,3-8H2,1-2H3/t9-,10?/m0/s1. The van der Waals surface area contributed by atoms with Crippen LogP contribution >= 0.6 is 0 Å². The van der Waals surface area contributed by atoms with Gasteiger partial charge in [0.05, 0.1) is 6.10 Å². The van der Waals surface area contributed by atoms with Crippen molar-refractivity contribution in [2.75, 3.05) is 19.7 Å². The highest BCUT2D eigenvalue weighted by Gasteiger charge is 2.06. The van der Waals surface area contributed by atoms with E-state index in [1.807, 2.05) is 0 Å². The number of hydrogen-bond acceptors (Lipinski definition) is 3. The number of rotatable bonds is 8. The molecule has 0 rings (SSSR count). The third-order valence-electron chi connectivity index (χ3n) is 2.11. The van der Waals surface area contributed by atoms with Crippen molar-refractivity contribution in [1.29, 1.82) is 0 Å². The molecule has 0 heterocycles. The van der Waals surface area contributed by atoms with Gasteiger partial charge >= 0.3 is 0 Å². The van der Waals surface area contributed by atoms with E-state index < -0.39 is 0 Å². The summed E-state index contributed by atoms with van der Waals surface area (Å²) < 4.78 is 0. The summed E-state index contributed by atoms with van der Waals surface area (Å²) in [4.78, 5) is 0. The van der Waals surface area contributed by atoms with Crippen LogP contribution in [-0.4, -0.2) is 36.0 Å². The van der Waals surface area contributed by atoms with Gasteiger partial charge in [0, 0.05) is 13.2 Å². The first-order valence-corrected chi connectivity index (χ1v) is 5.20. The van der Waals surface area contributed by atoms with Gasteiger partial charge in [-0.05, 0) is 32.2 Å². The zero-order valence-corrected chi connectivity index (χ0v) is 8.79. The van der Waals surface area contributed by atoms with Crippen molar-refractivity contribution in [3.63, 3.8) is 0 Å². The van der Waals surface area contributed by atoms with Gasteiger partial charge < -0.3 is 15.5 Å². The Morgan fingerprint density at radius 3 is 2.38 bits per heavy atom. The van der Waals surface area contributed by atoms with Crippen molar-refractivity contribution < 1.29 is 10.2 Å². The maximum absolute atomic E-state index is 9.01. The van der Waals surface area contributed by atoms with Crippen molar-refractivity contribution in [3.8, 4) is 0 Å². The number of aliphatic hydroxyl groups excluding tert-OH is 2. The van der Waals surface area contributed by atoms with Crippen LogP contribution in [0.2, 0.25) is 0 Å². The summed E-state index contributed by atoms with van der Waals surface area (Å²) in [5.74, 6) is 0.550. The molecule has 0 amide bonds. The minimum absolute atomic E-state index is 0.265. The molecule has 0 bridgehead atoms. The second kappa shape index (κ2) is 8.48. The third kappa shape index (κ3) is 8.22. The van der Waals surface area contributed by atoms with Crippen LogP contribution in [-0.2, 0) is 0 Å². The molecule has 0 aromatic heterocycles. The Balaban J connectivity index is 3.44. The molecule has 0 fully saturated rings. The summed E-state index contributed by atoms with van der Waals surface area (Å²) >= 11 is 0. The maximum Gasteiger partial charge on any atom is 0.0636 e. The number of hydrogen-bond donors (Lipinski definition) is 3. The van der Waals surface area contributed by atoms with E-state index in [2.05, 4.69) is 12.2 Å². The molecular formula is C10H23NO2. The van der Waals surface area contributed by atoms with E-state index >= 15 is 0 Å². The van der Waals surface area contributed by atoms with Crippen LogP contribution in [0.15, 0.2) is 0 Å². The zero-order chi connectivity index (χ0) is 10.1. The van der Waals surface area contributed by atoms with Gasteiger partial charge in [-0.3, -0.25) is 0 Å². The van der Waals surface area contributed by atoms with Gasteiger partial charge in [-0.1, -0.05) is 13.3 Å². The molecule has 13 heavy (non-hydrogen) atoms. The topological polar surface area (TPSA) is 52.5 Å². The highest BCUT2D eigenvalue weighted by molar-refractivity contribution is 4.63. The molecule has 0 saturated heterocycles. The maximum atomic E-state index is 9.01. The van der Waals surface area contributed by atoms with Crippen molar-refractivity contribution in [2.45, 2.75) is 39.2 Å². The first-order chi connectivity index (χ1) is 6.20. The van der Waals surface area contributed by atoms with E-state index in [9.17, 15) is 0 Å². The molecule has 0 aliphatic heterocycles. The summed E-state index contributed by atoms with van der Waals surface area (Å²) in [5, 5.41) is 21.0.